The lowest BCUT2D eigenvalue weighted by molar-refractivity contribution is 0.627. The van der Waals surface area contributed by atoms with Crippen LogP contribution in [-0.2, 0) is 0 Å². The van der Waals surface area contributed by atoms with E-state index in [0.29, 0.717) is 0 Å². The first-order chi connectivity index (χ1) is 7.58. The fourth-order valence-corrected chi connectivity index (χ4v) is 3.32. The lowest BCUT2D eigenvalue weighted by atomic mass is 10.1. The zero-order valence-electron chi connectivity index (χ0n) is 8.51. The van der Waals surface area contributed by atoms with Crippen LogP contribution in [0.2, 0.25) is 0 Å². The number of rotatable bonds is 2. The molecule has 2 rings (SSSR count). The number of thiophene rings is 1. The molecule has 0 aliphatic heterocycles. The molecule has 1 aromatic heterocycles. The van der Waals surface area contributed by atoms with Crippen molar-refractivity contribution in [3.8, 4) is 0 Å². The van der Waals surface area contributed by atoms with E-state index in [0.717, 1.165) is 14.2 Å². The lowest BCUT2D eigenvalue weighted by Crippen LogP contribution is -1.89. The number of halogens is 3. The van der Waals surface area contributed by atoms with E-state index in [1.54, 1.807) is 23.5 Å². The van der Waals surface area contributed by atoms with Gasteiger partial charge in [-0.05, 0) is 52.2 Å². The molecule has 0 saturated carbocycles. The van der Waals surface area contributed by atoms with Crippen LogP contribution in [0.1, 0.15) is 21.4 Å². The average Bonchev–Trinajstić information content (AvgIpc) is 2.59. The van der Waals surface area contributed by atoms with Crippen molar-refractivity contribution in [3.05, 3.63) is 55.9 Å². The van der Waals surface area contributed by atoms with Gasteiger partial charge in [-0.2, -0.15) is 0 Å². The Morgan fingerprint density at radius 3 is 2.44 bits per heavy atom. The van der Waals surface area contributed by atoms with Crippen LogP contribution in [-0.4, -0.2) is 0 Å². The summed E-state index contributed by atoms with van der Waals surface area (Å²) in [7, 11) is 0. The van der Waals surface area contributed by atoms with Gasteiger partial charge in [0.2, 0.25) is 0 Å². The summed E-state index contributed by atoms with van der Waals surface area (Å²) < 4.78 is 13.9. The van der Waals surface area contributed by atoms with E-state index in [9.17, 15) is 4.39 Å². The molecule has 0 nitrogen and oxygen atoms in total. The molecule has 0 N–H and O–H groups in total. The third-order valence-corrected chi connectivity index (χ3v) is 5.11. The molecule has 4 heteroatoms. The first kappa shape index (κ1) is 12.1. The van der Waals surface area contributed by atoms with E-state index >= 15 is 0 Å². The maximum Gasteiger partial charge on any atom is 0.123 e. The maximum atomic E-state index is 12.8. The van der Waals surface area contributed by atoms with Gasteiger partial charge in [0.05, 0.1) is 9.16 Å². The molecule has 0 radical (unpaired) electrons. The molecule has 1 heterocycles. The van der Waals surface area contributed by atoms with Crippen LogP contribution in [0.3, 0.4) is 0 Å². The van der Waals surface area contributed by atoms with Gasteiger partial charge in [0.1, 0.15) is 5.82 Å². The zero-order chi connectivity index (χ0) is 11.7. The molecule has 84 valence electrons. The summed E-state index contributed by atoms with van der Waals surface area (Å²) in [5.74, 6) is -0.240. The normalized spacial score (nSPS) is 12.8. The van der Waals surface area contributed by atoms with Gasteiger partial charge < -0.3 is 0 Å². The fraction of sp³-hybridized carbons (Fsp3) is 0.167. The van der Waals surface area contributed by atoms with Gasteiger partial charge in [-0.3, -0.25) is 0 Å². The predicted molar refractivity (Wildman–Crippen MR) is 70.9 cm³/mol. The Kier molecular flexibility index (Phi) is 3.67. The van der Waals surface area contributed by atoms with Gasteiger partial charge in [0.15, 0.2) is 0 Å². The van der Waals surface area contributed by atoms with E-state index in [-0.39, 0.29) is 11.2 Å². The first-order valence-electron chi connectivity index (χ1n) is 4.73. The van der Waals surface area contributed by atoms with Crippen LogP contribution < -0.4 is 0 Å². The maximum absolute atomic E-state index is 12.8. The molecule has 0 aliphatic rings. The smallest absolute Gasteiger partial charge is 0.123 e. The van der Waals surface area contributed by atoms with Crippen molar-refractivity contribution in [2.24, 2.45) is 0 Å². The molecule has 1 aromatic carbocycles. The second kappa shape index (κ2) is 4.86. The topological polar surface area (TPSA) is 0 Å². The molecule has 0 amide bonds. The largest absolute Gasteiger partial charge is 0.207 e. The zero-order valence-corrected chi connectivity index (χ0v) is 11.7. The minimum absolute atomic E-state index is 0.212. The summed E-state index contributed by atoms with van der Waals surface area (Å²) in [6.07, 6.45) is 0. The minimum atomic E-state index is -0.240. The highest BCUT2D eigenvalue weighted by molar-refractivity contribution is 9.11. The number of aryl methyl sites for hydroxylation is 1. The molecule has 16 heavy (non-hydrogen) atoms. The number of hydrogen-bond donors (Lipinski definition) is 0. The van der Waals surface area contributed by atoms with Crippen LogP contribution in [0.5, 0.6) is 0 Å². The summed E-state index contributed by atoms with van der Waals surface area (Å²) in [6.45, 7) is 2.03. The monoisotopic (exact) mass is 318 g/mol. The molecule has 0 spiro atoms. The van der Waals surface area contributed by atoms with Gasteiger partial charge in [-0.25, -0.2) is 4.39 Å². The van der Waals surface area contributed by atoms with Crippen LogP contribution in [0.15, 0.2) is 34.1 Å². The summed E-state index contributed by atoms with van der Waals surface area (Å²) in [5.41, 5.74) is 2.09. The average molecular weight is 320 g/mol. The van der Waals surface area contributed by atoms with E-state index in [2.05, 4.69) is 22.0 Å². The Balaban J connectivity index is 2.31. The van der Waals surface area contributed by atoms with Crippen molar-refractivity contribution >= 4 is 38.9 Å². The Labute approximate surface area is 111 Å². The summed E-state index contributed by atoms with van der Waals surface area (Å²) in [4.78, 5) is 1.07. The molecule has 0 aliphatic carbocycles. The highest BCUT2D eigenvalue weighted by atomic mass is 79.9. The van der Waals surface area contributed by atoms with Crippen LogP contribution in [0.25, 0.3) is 0 Å². The molecular weight excluding hydrogens is 311 g/mol. The van der Waals surface area contributed by atoms with Gasteiger partial charge >= 0.3 is 0 Å². The molecule has 1 unspecified atom stereocenters. The molecular formula is C12H9BrClFS. The van der Waals surface area contributed by atoms with Crippen molar-refractivity contribution < 1.29 is 4.39 Å². The van der Waals surface area contributed by atoms with Crippen LogP contribution in [0.4, 0.5) is 4.39 Å². The Morgan fingerprint density at radius 1 is 1.31 bits per heavy atom. The van der Waals surface area contributed by atoms with Crippen molar-refractivity contribution in [1.82, 2.24) is 0 Å². The fourth-order valence-electron chi connectivity index (χ4n) is 1.40. The second-order valence-electron chi connectivity index (χ2n) is 3.52. The number of benzene rings is 1. The van der Waals surface area contributed by atoms with E-state index in [1.165, 1.54) is 17.7 Å². The lowest BCUT2D eigenvalue weighted by Gasteiger charge is -2.06. The highest BCUT2D eigenvalue weighted by Gasteiger charge is 2.14. The Hall–Kier alpha value is -0.380. The van der Waals surface area contributed by atoms with Gasteiger partial charge in [-0.1, -0.05) is 12.1 Å². The van der Waals surface area contributed by atoms with Crippen LogP contribution in [0, 0.1) is 12.7 Å². The highest BCUT2D eigenvalue weighted by Crippen LogP contribution is 2.37. The molecule has 0 fully saturated rings. The quantitative estimate of drug-likeness (QED) is 0.660. The SMILES string of the molecule is Cc1cc(C(Cl)c2ccc(F)cc2)sc1Br. The second-order valence-corrected chi connectivity index (χ2v) is 6.36. The van der Waals surface area contributed by atoms with Crippen molar-refractivity contribution in [2.75, 3.05) is 0 Å². The van der Waals surface area contributed by atoms with Gasteiger partial charge in [0.25, 0.3) is 0 Å². The van der Waals surface area contributed by atoms with Gasteiger partial charge in [-0.15, -0.1) is 22.9 Å². The summed E-state index contributed by atoms with van der Waals surface area (Å²) in [5, 5.41) is -0.212. The van der Waals surface area contributed by atoms with Crippen molar-refractivity contribution in [2.45, 2.75) is 12.3 Å². The van der Waals surface area contributed by atoms with E-state index in [1.807, 2.05) is 6.92 Å². The van der Waals surface area contributed by atoms with E-state index in [4.69, 9.17) is 11.6 Å². The molecule has 0 bridgehead atoms. The van der Waals surface area contributed by atoms with Crippen molar-refractivity contribution in [1.29, 1.82) is 0 Å². The predicted octanol–water partition coefficient (Wildman–Crippen LogP) is 5.29. The third-order valence-electron chi connectivity index (χ3n) is 2.29. The molecule has 1 atom stereocenters. The molecule has 0 saturated heterocycles. The first-order valence-corrected chi connectivity index (χ1v) is 6.78. The third kappa shape index (κ3) is 2.47. The minimum Gasteiger partial charge on any atom is -0.207 e. The molecule has 2 aromatic rings. The number of hydrogen-bond acceptors (Lipinski definition) is 1. The standard InChI is InChI=1S/C12H9BrClFS/c1-7-6-10(16-12(7)13)11(14)8-2-4-9(15)5-3-8/h2-6,11H,1H3. The Bertz CT molecular complexity index is 473. The Morgan fingerprint density at radius 2 is 1.94 bits per heavy atom. The van der Waals surface area contributed by atoms with Gasteiger partial charge in [0, 0.05) is 4.88 Å². The van der Waals surface area contributed by atoms with Crippen molar-refractivity contribution in [3.63, 3.8) is 0 Å². The van der Waals surface area contributed by atoms with Crippen LogP contribution >= 0.6 is 38.9 Å². The van der Waals surface area contributed by atoms with E-state index < -0.39 is 0 Å². The number of alkyl halides is 1. The summed E-state index contributed by atoms with van der Waals surface area (Å²) >= 11 is 11.4. The summed E-state index contributed by atoms with van der Waals surface area (Å²) in [6, 6.07) is 8.35.